The molecule has 1 aliphatic rings. The molecule has 112 valence electrons. The van der Waals surface area contributed by atoms with Crippen molar-refractivity contribution in [1.29, 1.82) is 0 Å². The maximum atomic E-state index is 12.5. The molecule has 0 spiro atoms. The van der Waals surface area contributed by atoms with Crippen LogP contribution in [-0.2, 0) is 15.8 Å². The Labute approximate surface area is 122 Å². The highest BCUT2D eigenvalue weighted by atomic mass is 32.2. The van der Waals surface area contributed by atoms with Crippen LogP contribution in [0, 0.1) is 12.8 Å². The van der Waals surface area contributed by atoms with Crippen LogP contribution in [-0.4, -0.2) is 31.9 Å². The molecule has 0 unspecified atom stereocenters. The van der Waals surface area contributed by atoms with Gasteiger partial charge in [-0.15, -0.1) is 0 Å². The molecule has 0 aliphatic carbocycles. The SMILES string of the molecule is Cc1cccc(CS(=O)(=O)N2CCC[C@H]([C@@H](C)N)C2)c1. The Morgan fingerprint density at radius 3 is 2.85 bits per heavy atom. The molecule has 0 radical (unpaired) electrons. The molecule has 2 atom stereocenters. The minimum absolute atomic E-state index is 0.0481. The average molecular weight is 296 g/mol. The van der Waals surface area contributed by atoms with Gasteiger partial charge in [0.05, 0.1) is 5.75 Å². The molecular weight excluding hydrogens is 272 g/mol. The van der Waals surface area contributed by atoms with Crippen molar-refractivity contribution in [3.63, 3.8) is 0 Å². The van der Waals surface area contributed by atoms with Crippen LogP contribution < -0.4 is 5.73 Å². The summed E-state index contributed by atoms with van der Waals surface area (Å²) < 4.78 is 26.7. The molecule has 0 amide bonds. The zero-order chi connectivity index (χ0) is 14.8. The van der Waals surface area contributed by atoms with E-state index >= 15 is 0 Å². The smallest absolute Gasteiger partial charge is 0.218 e. The van der Waals surface area contributed by atoms with Crippen LogP contribution in [0.1, 0.15) is 30.9 Å². The van der Waals surface area contributed by atoms with Crippen LogP contribution >= 0.6 is 0 Å². The number of rotatable bonds is 4. The summed E-state index contributed by atoms with van der Waals surface area (Å²) in [6.07, 6.45) is 1.92. The molecule has 4 nitrogen and oxygen atoms in total. The zero-order valence-electron chi connectivity index (χ0n) is 12.2. The van der Waals surface area contributed by atoms with Gasteiger partial charge in [0.25, 0.3) is 0 Å². The molecule has 1 aliphatic heterocycles. The van der Waals surface area contributed by atoms with Gasteiger partial charge in [0, 0.05) is 19.1 Å². The van der Waals surface area contributed by atoms with E-state index in [-0.39, 0.29) is 17.7 Å². The fraction of sp³-hybridized carbons (Fsp3) is 0.600. The first-order chi connectivity index (χ1) is 9.38. The molecule has 1 fully saturated rings. The van der Waals surface area contributed by atoms with Gasteiger partial charge in [-0.1, -0.05) is 29.8 Å². The lowest BCUT2D eigenvalue weighted by Gasteiger charge is -2.33. The lowest BCUT2D eigenvalue weighted by atomic mass is 9.93. The van der Waals surface area contributed by atoms with Crippen molar-refractivity contribution in [2.45, 2.75) is 38.5 Å². The Balaban J connectivity index is 2.10. The Kier molecular flexibility index (Phi) is 4.83. The van der Waals surface area contributed by atoms with Gasteiger partial charge in [0.2, 0.25) is 10.0 Å². The molecule has 0 aromatic heterocycles. The van der Waals surface area contributed by atoms with E-state index in [4.69, 9.17) is 5.73 Å². The van der Waals surface area contributed by atoms with Crippen molar-refractivity contribution in [2.75, 3.05) is 13.1 Å². The predicted octanol–water partition coefficient (Wildman–Crippen LogP) is 1.88. The number of aryl methyl sites for hydroxylation is 1. The normalized spacial score (nSPS) is 22.6. The average Bonchev–Trinajstić information content (AvgIpc) is 2.38. The first-order valence-corrected chi connectivity index (χ1v) is 8.78. The molecule has 2 N–H and O–H groups in total. The molecule has 1 saturated heterocycles. The molecule has 1 aromatic rings. The van der Waals surface area contributed by atoms with E-state index in [1.165, 1.54) is 0 Å². The number of nitrogens with zero attached hydrogens (tertiary/aromatic N) is 1. The number of benzene rings is 1. The highest BCUT2D eigenvalue weighted by Gasteiger charge is 2.30. The summed E-state index contributed by atoms with van der Waals surface area (Å²) in [5.41, 5.74) is 7.87. The monoisotopic (exact) mass is 296 g/mol. The molecule has 0 saturated carbocycles. The Morgan fingerprint density at radius 1 is 1.45 bits per heavy atom. The van der Waals surface area contributed by atoms with Gasteiger partial charge in [0.15, 0.2) is 0 Å². The Morgan fingerprint density at radius 2 is 2.20 bits per heavy atom. The van der Waals surface area contributed by atoms with Crippen molar-refractivity contribution in [2.24, 2.45) is 11.7 Å². The summed E-state index contributed by atoms with van der Waals surface area (Å²) in [4.78, 5) is 0. The van der Waals surface area contributed by atoms with Crippen molar-refractivity contribution < 1.29 is 8.42 Å². The first kappa shape index (κ1) is 15.5. The maximum absolute atomic E-state index is 12.5. The van der Waals surface area contributed by atoms with Gasteiger partial charge >= 0.3 is 0 Å². The second-order valence-corrected chi connectivity index (χ2v) is 7.83. The fourth-order valence-corrected chi connectivity index (χ4v) is 4.37. The molecule has 1 heterocycles. The third kappa shape index (κ3) is 3.81. The van der Waals surface area contributed by atoms with E-state index in [9.17, 15) is 8.42 Å². The number of hydrogen-bond acceptors (Lipinski definition) is 3. The van der Waals surface area contributed by atoms with Gasteiger partial charge < -0.3 is 5.73 Å². The van der Waals surface area contributed by atoms with Crippen LogP contribution in [0.15, 0.2) is 24.3 Å². The van der Waals surface area contributed by atoms with Crippen LogP contribution in [0.4, 0.5) is 0 Å². The Hall–Kier alpha value is -0.910. The summed E-state index contributed by atoms with van der Waals surface area (Å²) in [5, 5.41) is 0. The van der Waals surface area contributed by atoms with Gasteiger partial charge in [-0.05, 0) is 38.2 Å². The summed E-state index contributed by atoms with van der Waals surface area (Å²) in [7, 11) is -3.24. The standard InChI is InChI=1S/C15H24N2O2S/c1-12-5-3-6-14(9-12)11-20(18,19)17-8-4-7-15(10-17)13(2)16/h3,5-6,9,13,15H,4,7-8,10-11,16H2,1-2H3/t13-,15+/m1/s1. The van der Waals surface area contributed by atoms with Gasteiger partial charge in [0.1, 0.15) is 0 Å². The Bertz CT molecular complexity index is 555. The van der Waals surface area contributed by atoms with Crippen molar-refractivity contribution in [3.8, 4) is 0 Å². The van der Waals surface area contributed by atoms with E-state index in [1.54, 1.807) is 4.31 Å². The maximum Gasteiger partial charge on any atom is 0.218 e. The molecule has 2 rings (SSSR count). The van der Waals surface area contributed by atoms with Gasteiger partial charge in [-0.25, -0.2) is 12.7 Å². The molecule has 5 heteroatoms. The zero-order valence-corrected chi connectivity index (χ0v) is 13.1. The van der Waals surface area contributed by atoms with Gasteiger partial charge in [-0.2, -0.15) is 0 Å². The predicted molar refractivity (Wildman–Crippen MR) is 81.7 cm³/mol. The van der Waals surface area contributed by atoms with Crippen LogP contribution in [0.3, 0.4) is 0 Å². The van der Waals surface area contributed by atoms with Gasteiger partial charge in [-0.3, -0.25) is 0 Å². The quantitative estimate of drug-likeness (QED) is 0.923. The highest BCUT2D eigenvalue weighted by Crippen LogP contribution is 2.23. The summed E-state index contributed by atoms with van der Waals surface area (Å²) >= 11 is 0. The minimum Gasteiger partial charge on any atom is -0.328 e. The third-order valence-electron chi connectivity index (χ3n) is 3.99. The lowest BCUT2D eigenvalue weighted by molar-refractivity contribution is 0.243. The summed E-state index contributed by atoms with van der Waals surface area (Å²) in [6, 6.07) is 7.73. The number of piperidine rings is 1. The van der Waals surface area contributed by atoms with E-state index in [0.29, 0.717) is 13.1 Å². The molecular formula is C15H24N2O2S. The number of hydrogen-bond donors (Lipinski definition) is 1. The molecule has 20 heavy (non-hydrogen) atoms. The molecule has 1 aromatic carbocycles. The van der Waals surface area contributed by atoms with E-state index < -0.39 is 10.0 Å². The second kappa shape index (κ2) is 6.24. The van der Waals surface area contributed by atoms with Crippen molar-refractivity contribution in [3.05, 3.63) is 35.4 Å². The van der Waals surface area contributed by atoms with Crippen molar-refractivity contribution >= 4 is 10.0 Å². The first-order valence-electron chi connectivity index (χ1n) is 7.17. The van der Waals surface area contributed by atoms with E-state index in [0.717, 1.165) is 24.0 Å². The van der Waals surface area contributed by atoms with E-state index in [1.807, 2.05) is 38.1 Å². The van der Waals surface area contributed by atoms with Crippen LogP contribution in [0.25, 0.3) is 0 Å². The topological polar surface area (TPSA) is 63.4 Å². The fourth-order valence-electron chi connectivity index (χ4n) is 2.76. The van der Waals surface area contributed by atoms with Crippen LogP contribution in [0.5, 0.6) is 0 Å². The van der Waals surface area contributed by atoms with E-state index in [2.05, 4.69) is 0 Å². The lowest BCUT2D eigenvalue weighted by Crippen LogP contribution is -2.45. The highest BCUT2D eigenvalue weighted by molar-refractivity contribution is 7.88. The number of nitrogens with two attached hydrogens (primary N) is 1. The minimum atomic E-state index is -3.24. The largest absolute Gasteiger partial charge is 0.328 e. The van der Waals surface area contributed by atoms with Crippen molar-refractivity contribution in [1.82, 2.24) is 4.31 Å². The third-order valence-corrected chi connectivity index (χ3v) is 5.81. The second-order valence-electron chi connectivity index (χ2n) is 5.86. The number of sulfonamides is 1. The summed E-state index contributed by atoms with van der Waals surface area (Å²) in [5.74, 6) is 0.358. The summed E-state index contributed by atoms with van der Waals surface area (Å²) in [6.45, 7) is 5.12. The van der Waals surface area contributed by atoms with Crippen LogP contribution in [0.2, 0.25) is 0 Å². The molecule has 0 bridgehead atoms.